The van der Waals surface area contributed by atoms with Gasteiger partial charge in [0.1, 0.15) is 0 Å². The first-order chi connectivity index (χ1) is 6.65. The molecule has 0 aliphatic heterocycles. The van der Waals surface area contributed by atoms with Gasteiger partial charge in [0, 0.05) is 15.5 Å². The summed E-state index contributed by atoms with van der Waals surface area (Å²) in [6, 6.07) is 5.70. The maximum Gasteiger partial charge on any atom is 0.0417 e. The summed E-state index contributed by atoms with van der Waals surface area (Å²) in [5, 5.41) is 0.714. The third-order valence-electron chi connectivity index (χ3n) is 2.08. The van der Waals surface area contributed by atoms with E-state index in [1.807, 2.05) is 18.2 Å². The van der Waals surface area contributed by atoms with Crippen molar-refractivity contribution >= 4 is 39.9 Å². The molecule has 0 saturated heterocycles. The number of hydrogen-bond donors (Lipinski definition) is 2. The molecule has 15 heavy (non-hydrogen) atoms. The molecule has 0 aliphatic carbocycles. The van der Waals surface area contributed by atoms with Crippen molar-refractivity contribution in [2.24, 2.45) is 11.5 Å². The predicted octanol–water partition coefficient (Wildman–Crippen LogP) is 3.26. The monoisotopic (exact) mass is 312 g/mol. The molecular weight excluding hydrogens is 299 g/mol. The van der Waals surface area contributed by atoms with E-state index in [1.165, 1.54) is 0 Å². The average molecular weight is 314 g/mol. The molecule has 0 radical (unpaired) electrons. The predicted molar refractivity (Wildman–Crippen MR) is 71.6 cm³/mol. The maximum atomic E-state index is 6.00. The molecule has 1 atom stereocenters. The Morgan fingerprint density at radius 2 is 2.07 bits per heavy atom. The molecule has 0 bridgehead atoms. The molecule has 0 fully saturated rings. The third kappa shape index (κ3) is 4.70. The molecule has 1 rings (SSSR count). The Hall–Kier alpha value is 0.200. The quantitative estimate of drug-likeness (QED) is 0.896. The number of halogens is 3. The van der Waals surface area contributed by atoms with Crippen molar-refractivity contribution < 1.29 is 0 Å². The fourth-order valence-corrected chi connectivity index (χ4v) is 2.27. The van der Waals surface area contributed by atoms with Crippen LogP contribution in [0.25, 0.3) is 0 Å². The summed E-state index contributed by atoms with van der Waals surface area (Å²) in [5.74, 6) is 0. The summed E-state index contributed by atoms with van der Waals surface area (Å²) in [6.45, 7) is 0.679. The highest BCUT2D eigenvalue weighted by Crippen LogP contribution is 2.27. The summed E-state index contributed by atoms with van der Waals surface area (Å²) in [4.78, 5) is 0. The highest BCUT2D eigenvalue weighted by molar-refractivity contribution is 9.10. The van der Waals surface area contributed by atoms with Crippen molar-refractivity contribution in [3.63, 3.8) is 0 Å². The Kier molecular flexibility index (Phi) is 7.57. The van der Waals surface area contributed by atoms with Gasteiger partial charge >= 0.3 is 0 Å². The third-order valence-corrected chi connectivity index (χ3v) is 3.00. The molecule has 0 unspecified atom stereocenters. The summed E-state index contributed by atoms with van der Waals surface area (Å²) < 4.78 is 0.967. The fourth-order valence-electron chi connectivity index (χ4n) is 1.30. The zero-order valence-electron chi connectivity index (χ0n) is 8.25. The molecule has 0 aromatic heterocycles. The van der Waals surface area contributed by atoms with Crippen molar-refractivity contribution in [1.82, 2.24) is 0 Å². The lowest BCUT2D eigenvalue weighted by Crippen LogP contribution is -2.13. The van der Waals surface area contributed by atoms with Gasteiger partial charge in [-0.05, 0) is 37.1 Å². The highest BCUT2D eigenvalue weighted by Gasteiger charge is 2.09. The lowest BCUT2D eigenvalue weighted by Gasteiger charge is -2.13. The van der Waals surface area contributed by atoms with Crippen molar-refractivity contribution in [2.45, 2.75) is 18.9 Å². The van der Waals surface area contributed by atoms with Gasteiger partial charge in [0.25, 0.3) is 0 Å². The molecule has 4 N–H and O–H groups in total. The Morgan fingerprint density at radius 3 is 2.60 bits per heavy atom. The van der Waals surface area contributed by atoms with Gasteiger partial charge < -0.3 is 11.5 Å². The van der Waals surface area contributed by atoms with Gasteiger partial charge in [-0.25, -0.2) is 0 Å². The molecule has 1 aromatic carbocycles. The van der Waals surface area contributed by atoms with Crippen LogP contribution in [0.1, 0.15) is 24.4 Å². The summed E-state index contributed by atoms with van der Waals surface area (Å²) in [6.07, 6.45) is 1.84. The molecule has 0 amide bonds. The van der Waals surface area contributed by atoms with Crippen LogP contribution in [0.2, 0.25) is 5.02 Å². The normalized spacial score (nSPS) is 12.0. The van der Waals surface area contributed by atoms with Crippen LogP contribution < -0.4 is 11.5 Å². The van der Waals surface area contributed by atoms with E-state index in [1.54, 1.807) is 0 Å². The first-order valence-corrected chi connectivity index (χ1v) is 5.73. The van der Waals surface area contributed by atoms with Gasteiger partial charge in [0.15, 0.2) is 0 Å². The summed E-state index contributed by atoms with van der Waals surface area (Å²) in [5.41, 5.74) is 12.5. The minimum atomic E-state index is 0. The highest BCUT2D eigenvalue weighted by atomic mass is 79.9. The maximum absolute atomic E-state index is 6.00. The van der Waals surface area contributed by atoms with Crippen molar-refractivity contribution in [3.05, 3.63) is 33.3 Å². The number of nitrogens with two attached hydrogens (primary N) is 2. The lowest BCUT2D eigenvalue weighted by molar-refractivity contribution is 0.616. The second kappa shape index (κ2) is 7.47. The first kappa shape index (κ1) is 15.2. The lowest BCUT2D eigenvalue weighted by atomic mass is 10.0. The van der Waals surface area contributed by atoms with E-state index < -0.39 is 0 Å². The molecule has 86 valence electrons. The fraction of sp³-hybridized carbons (Fsp3) is 0.400. The van der Waals surface area contributed by atoms with E-state index in [2.05, 4.69) is 15.9 Å². The van der Waals surface area contributed by atoms with E-state index in [0.29, 0.717) is 11.6 Å². The van der Waals surface area contributed by atoms with E-state index >= 15 is 0 Å². The average Bonchev–Trinajstić information content (AvgIpc) is 2.14. The zero-order chi connectivity index (χ0) is 10.6. The standard InChI is InChI=1S/C10H14BrClN2.ClH/c11-9-6-7(12)3-4-8(9)10(14)2-1-5-13;/h3-4,6,10H,1-2,5,13-14H2;1H/t10-;/m0./s1. The van der Waals surface area contributed by atoms with Gasteiger partial charge in [-0.15, -0.1) is 12.4 Å². The first-order valence-electron chi connectivity index (χ1n) is 4.55. The molecule has 0 heterocycles. The Labute approximate surface area is 110 Å². The van der Waals surface area contributed by atoms with Gasteiger partial charge in [0.05, 0.1) is 0 Å². The summed E-state index contributed by atoms with van der Waals surface area (Å²) in [7, 11) is 0. The van der Waals surface area contributed by atoms with Crippen LogP contribution >= 0.6 is 39.9 Å². The zero-order valence-corrected chi connectivity index (χ0v) is 11.4. The van der Waals surface area contributed by atoms with Crippen LogP contribution in [-0.4, -0.2) is 6.54 Å². The Bertz CT molecular complexity index is 307. The van der Waals surface area contributed by atoms with Gasteiger partial charge in [-0.1, -0.05) is 33.6 Å². The number of rotatable bonds is 4. The minimum absolute atomic E-state index is 0. The van der Waals surface area contributed by atoms with Crippen LogP contribution in [0.3, 0.4) is 0 Å². The number of hydrogen-bond acceptors (Lipinski definition) is 2. The molecule has 0 aliphatic rings. The van der Waals surface area contributed by atoms with Crippen LogP contribution in [0.15, 0.2) is 22.7 Å². The minimum Gasteiger partial charge on any atom is -0.330 e. The molecule has 0 saturated carbocycles. The van der Waals surface area contributed by atoms with Crippen molar-refractivity contribution in [2.75, 3.05) is 6.54 Å². The second-order valence-corrected chi connectivity index (χ2v) is 4.49. The van der Waals surface area contributed by atoms with Crippen LogP contribution in [0.4, 0.5) is 0 Å². The van der Waals surface area contributed by atoms with Crippen LogP contribution in [0.5, 0.6) is 0 Å². The van der Waals surface area contributed by atoms with Gasteiger partial charge in [-0.3, -0.25) is 0 Å². The molecule has 0 spiro atoms. The second-order valence-electron chi connectivity index (χ2n) is 3.20. The Morgan fingerprint density at radius 1 is 1.40 bits per heavy atom. The topological polar surface area (TPSA) is 52.0 Å². The molecule has 5 heteroatoms. The van der Waals surface area contributed by atoms with E-state index in [-0.39, 0.29) is 18.4 Å². The van der Waals surface area contributed by atoms with E-state index in [9.17, 15) is 0 Å². The number of benzene rings is 1. The van der Waals surface area contributed by atoms with Crippen molar-refractivity contribution in [1.29, 1.82) is 0 Å². The Balaban J connectivity index is 0.00000196. The smallest absolute Gasteiger partial charge is 0.0417 e. The van der Waals surface area contributed by atoms with E-state index in [0.717, 1.165) is 22.9 Å². The van der Waals surface area contributed by atoms with Crippen LogP contribution in [0, 0.1) is 0 Å². The van der Waals surface area contributed by atoms with Crippen molar-refractivity contribution in [3.8, 4) is 0 Å². The molecule has 1 aromatic rings. The van der Waals surface area contributed by atoms with Gasteiger partial charge in [0.2, 0.25) is 0 Å². The molecular formula is C10H15BrCl2N2. The summed E-state index contributed by atoms with van der Waals surface area (Å²) >= 11 is 9.28. The van der Waals surface area contributed by atoms with Gasteiger partial charge in [-0.2, -0.15) is 0 Å². The SMILES string of the molecule is Cl.NCCC[C@H](N)c1ccc(Cl)cc1Br. The largest absolute Gasteiger partial charge is 0.330 e. The van der Waals surface area contributed by atoms with Crippen LogP contribution in [-0.2, 0) is 0 Å². The molecule has 2 nitrogen and oxygen atoms in total. The van der Waals surface area contributed by atoms with E-state index in [4.69, 9.17) is 23.1 Å².